The van der Waals surface area contributed by atoms with Gasteiger partial charge in [-0.05, 0) is 13.8 Å². The number of ether oxygens (including phenoxy) is 1. The summed E-state index contributed by atoms with van der Waals surface area (Å²) in [7, 11) is 1.62. The summed E-state index contributed by atoms with van der Waals surface area (Å²) in [5.41, 5.74) is 5.68. The third-order valence-electron chi connectivity index (χ3n) is 3.84. The Hall–Kier alpha value is -0.760. The Kier molecular flexibility index (Phi) is 7.36. The molecule has 20 heavy (non-hydrogen) atoms. The van der Waals surface area contributed by atoms with Gasteiger partial charge in [0.1, 0.15) is 0 Å². The SMILES string of the molecule is COCCNC(=O)C(C)N1CCN(C(C)C(N)=S)CC1. The van der Waals surface area contributed by atoms with Gasteiger partial charge in [0, 0.05) is 39.8 Å². The number of piperazine rings is 1. The van der Waals surface area contributed by atoms with Crippen LogP contribution in [0.4, 0.5) is 0 Å². The molecular formula is C13H26N4O2S. The maximum absolute atomic E-state index is 12.0. The van der Waals surface area contributed by atoms with Crippen molar-refractivity contribution in [3.8, 4) is 0 Å². The van der Waals surface area contributed by atoms with E-state index < -0.39 is 0 Å². The van der Waals surface area contributed by atoms with Gasteiger partial charge in [-0.15, -0.1) is 0 Å². The molecule has 116 valence electrons. The van der Waals surface area contributed by atoms with E-state index in [4.69, 9.17) is 22.7 Å². The van der Waals surface area contributed by atoms with E-state index in [9.17, 15) is 4.79 Å². The van der Waals surface area contributed by atoms with Crippen LogP contribution in [0.5, 0.6) is 0 Å². The highest BCUT2D eigenvalue weighted by Gasteiger charge is 2.27. The van der Waals surface area contributed by atoms with Crippen LogP contribution in [-0.4, -0.2) is 79.2 Å². The van der Waals surface area contributed by atoms with Crippen molar-refractivity contribution in [2.24, 2.45) is 5.73 Å². The average Bonchev–Trinajstić information content (AvgIpc) is 2.46. The topological polar surface area (TPSA) is 70.8 Å². The second kappa shape index (κ2) is 8.51. The van der Waals surface area contributed by atoms with Gasteiger partial charge >= 0.3 is 0 Å². The van der Waals surface area contributed by atoms with E-state index >= 15 is 0 Å². The molecular weight excluding hydrogens is 276 g/mol. The molecule has 1 rings (SSSR count). The van der Waals surface area contributed by atoms with Crippen LogP contribution in [-0.2, 0) is 9.53 Å². The Morgan fingerprint density at radius 3 is 2.20 bits per heavy atom. The van der Waals surface area contributed by atoms with Crippen molar-refractivity contribution >= 4 is 23.1 Å². The molecule has 2 unspecified atom stereocenters. The lowest BCUT2D eigenvalue weighted by atomic mass is 10.2. The minimum atomic E-state index is -0.117. The predicted octanol–water partition coefficient (Wildman–Crippen LogP) is -0.570. The number of amides is 1. The number of carbonyl (C=O) groups is 1. The Morgan fingerprint density at radius 1 is 1.25 bits per heavy atom. The summed E-state index contributed by atoms with van der Waals surface area (Å²) in [5.74, 6) is 0.0536. The summed E-state index contributed by atoms with van der Waals surface area (Å²) in [4.78, 5) is 17.0. The standard InChI is InChI=1S/C13H26N4O2S/c1-10(12(14)20)16-5-7-17(8-6-16)11(2)13(18)15-4-9-19-3/h10-11H,4-9H2,1-3H3,(H2,14,20)(H,15,18). The minimum Gasteiger partial charge on any atom is -0.392 e. The van der Waals surface area contributed by atoms with E-state index in [1.54, 1.807) is 7.11 Å². The summed E-state index contributed by atoms with van der Waals surface area (Å²) in [6.45, 7) is 8.53. The molecule has 0 saturated carbocycles. The van der Waals surface area contributed by atoms with Gasteiger partial charge in [0.05, 0.1) is 23.7 Å². The fourth-order valence-electron chi connectivity index (χ4n) is 2.28. The molecule has 1 fully saturated rings. The molecule has 1 aliphatic rings. The van der Waals surface area contributed by atoms with Gasteiger partial charge in [-0.3, -0.25) is 14.6 Å². The second-order valence-corrected chi connectivity index (χ2v) is 5.58. The molecule has 2 atom stereocenters. The molecule has 0 aromatic rings. The molecule has 0 aromatic heterocycles. The fourth-order valence-corrected chi connectivity index (χ4v) is 2.43. The number of carbonyl (C=O) groups excluding carboxylic acids is 1. The highest BCUT2D eigenvalue weighted by atomic mass is 32.1. The third-order valence-corrected chi connectivity index (χ3v) is 4.18. The lowest BCUT2D eigenvalue weighted by Gasteiger charge is -2.39. The minimum absolute atomic E-state index is 0.0536. The van der Waals surface area contributed by atoms with E-state index in [0.29, 0.717) is 18.1 Å². The van der Waals surface area contributed by atoms with E-state index in [-0.39, 0.29) is 18.0 Å². The van der Waals surface area contributed by atoms with Crippen LogP contribution in [0.15, 0.2) is 0 Å². The molecule has 6 nitrogen and oxygen atoms in total. The smallest absolute Gasteiger partial charge is 0.237 e. The molecule has 0 aliphatic carbocycles. The van der Waals surface area contributed by atoms with Crippen molar-refractivity contribution in [3.05, 3.63) is 0 Å². The first kappa shape index (κ1) is 17.3. The number of nitrogens with two attached hydrogens (primary N) is 1. The van der Waals surface area contributed by atoms with Crippen LogP contribution < -0.4 is 11.1 Å². The van der Waals surface area contributed by atoms with Crippen LogP contribution in [0.25, 0.3) is 0 Å². The first-order valence-electron chi connectivity index (χ1n) is 7.01. The summed E-state index contributed by atoms with van der Waals surface area (Å²) in [5, 5.41) is 2.87. The van der Waals surface area contributed by atoms with Crippen LogP contribution in [0, 0.1) is 0 Å². The zero-order valence-corrected chi connectivity index (χ0v) is 13.4. The maximum atomic E-state index is 12.0. The van der Waals surface area contributed by atoms with E-state index in [2.05, 4.69) is 15.1 Å². The summed E-state index contributed by atoms with van der Waals surface area (Å²) >= 11 is 5.03. The number of methoxy groups -OCH3 is 1. The zero-order chi connectivity index (χ0) is 15.1. The number of hydrogen-bond donors (Lipinski definition) is 2. The molecule has 3 N–H and O–H groups in total. The lowest BCUT2D eigenvalue weighted by molar-refractivity contribution is -0.126. The lowest BCUT2D eigenvalue weighted by Crippen LogP contribution is -2.57. The molecule has 7 heteroatoms. The van der Waals surface area contributed by atoms with E-state index in [1.807, 2.05) is 13.8 Å². The molecule has 0 aromatic carbocycles. The molecule has 0 bridgehead atoms. The van der Waals surface area contributed by atoms with Gasteiger partial charge in [0.15, 0.2) is 0 Å². The van der Waals surface area contributed by atoms with Crippen molar-refractivity contribution < 1.29 is 9.53 Å². The first-order valence-corrected chi connectivity index (χ1v) is 7.42. The normalized spacial score (nSPS) is 20.4. The van der Waals surface area contributed by atoms with Crippen molar-refractivity contribution in [1.82, 2.24) is 15.1 Å². The predicted molar refractivity (Wildman–Crippen MR) is 83.7 cm³/mol. The molecule has 1 saturated heterocycles. The van der Waals surface area contributed by atoms with E-state index in [0.717, 1.165) is 26.2 Å². The van der Waals surface area contributed by atoms with Crippen LogP contribution in [0.3, 0.4) is 0 Å². The van der Waals surface area contributed by atoms with Crippen molar-refractivity contribution in [3.63, 3.8) is 0 Å². The van der Waals surface area contributed by atoms with Gasteiger partial charge in [0.25, 0.3) is 0 Å². The third kappa shape index (κ3) is 4.97. The molecule has 1 aliphatic heterocycles. The van der Waals surface area contributed by atoms with Crippen molar-refractivity contribution in [2.75, 3.05) is 46.4 Å². The number of hydrogen-bond acceptors (Lipinski definition) is 5. The fraction of sp³-hybridized carbons (Fsp3) is 0.846. The number of rotatable bonds is 7. The summed E-state index contributed by atoms with van der Waals surface area (Å²) in [6.07, 6.45) is 0. The monoisotopic (exact) mass is 302 g/mol. The summed E-state index contributed by atoms with van der Waals surface area (Å²) in [6, 6.07) is 0.00660. The van der Waals surface area contributed by atoms with Crippen LogP contribution in [0.1, 0.15) is 13.8 Å². The van der Waals surface area contributed by atoms with Crippen molar-refractivity contribution in [2.45, 2.75) is 25.9 Å². The van der Waals surface area contributed by atoms with Crippen LogP contribution >= 0.6 is 12.2 Å². The van der Waals surface area contributed by atoms with E-state index in [1.165, 1.54) is 0 Å². The van der Waals surface area contributed by atoms with Crippen LogP contribution in [0.2, 0.25) is 0 Å². The van der Waals surface area contributed by atoms with Gasteiger partial charge < -0.3 is 15.8 Å². The van der Waals surface area contributed by atoms with Gasteiger partial charge in [-0.1, -0.05) is 12.2 Å². The van der Waals surface area contributed by atoms with Gasteiger partial charge in [-0.2, -0.15) is 0 Å². The summed E-state index contributed by atoms with van der Waals surface area (Å²) < 4.78 is 4.92. The highest BCUT2D eigenvalue weighted by Crippen LogP contribution is 2.09. The quantitative estimate of drug-likeness (QED) is 0.485. The Labute approximate surface area is 126 Å². The number of nitrogens with zero attached hydrogens (tertiary/aromatic N) is 2. The van der Waals surface area contributed by atoms with Gasteiger partial charge in [-0.25, -0.2) is 0 Å². The first-order chi connectivity index (χ1) is 9.47. The average molecular weight is 302 g/mol. The Bertz CT molecular complexity index is 332. The van der Waals surface area contributed by atoms with Gasteiger partial charge in [0.2, 0.25) is 5.91 Å². The molecule has 1 amide bonds. The molecule has 0 spiro atoms. The second-order valence-electron chi connectivity index (χ2n) is 5.11. The number of thiocarbonyl (C=S) groups is 1. The highest BCUT2D eigenvalue weighted by molar-refractivity contribution is 7.80. The Balaban J connectivity index is 2.36. The molecule has 1 heterocycles. The maximum Gasteiger partial charge on any atom is 0.237 e. The number of nitrogens with one attached hydrogen (secondary N) is 1. The van der Waals surface area contributed by atoms with Crippen molar-refractivity contribution in [1.29, 1.82) is 0 Å². The Morgan fingerprint density at radius 2 is 1.75 bits per heavy atom. The zero-order valence-electron chi connectivity index (χ0n) is 12.6. The largest absolute Gasteiger partial charge is 0.392 e. The molecule has 0 radical (unpaired) electrons.